The molecule has 1 aliphatic heterocycles. The van der Waals surface area contributed by atoms with Crippen LogP contribution < -0.4 is 21.7 Å². The predicted octanol–water partition coefficient (Wildman–Crippen LogP) is 0.786. The fourth-order valence-corrected chi connectivity index (χ4v) is 3.17. The summed E-state index contributed by atoms with van der Waals surface area (Å²) >= 11 is 1.30. The highest BCUT2D eigenvalue weighted by Gasteiger charge is 2.24. The lowest BCUT2D eigenvalue weighted by molar-refractivity contribution is 0.0955. The van der Waals surface area contributed by atoms with Crippen molar-refractivity contribution in [3.63, 3.8) is 0 Å². The molecular weight excluding hydrogens is 290 g/mol. The lowest BCUT2D eigenvalue weighted by atomic mass is 10.3. The first-order valence-electron chi connectivity index (χ1n) is 6.69. The van der Waals surface area contributed by atoms with Gasteiger partial charge in [0.2, 0.25) is 0 Å². The zero-order valence-electron chi connectivity index (χ0n) is 11.4. The first-order chi connectivity index (χ1) is 10.1. The Morgan fingerprint density at radius 1 is 1.62 bits per heavy atom. The SMILES string of the molecule is Nc1nc(N2CCC(N)C2)sc1C(=O)NCc1ccoc1. The zero-order valence-corrected chi connectivity index (χ0v) is 12.2. The molecule has 21 heavy (non-hydrogen) atoms. The van der Waals surface area contributed by atoms with Crippen LogP contribution in [-0.2, 0) is 6.54 Å². The minimum absolute atomic E-state index is 0.161. The first kappa shape index (κ1) is 13.9. The van der Waals surface area contributed by atoms with E-state index in [2.05, 4.69) is 15.2 Å². The van der Waals surface area contributed by atoms with E-state index in [1.807, 2.05) is 0 Å². The van der Waals surface area contributed by atoms with Crippen LogP contribution in [0.15, 0.2) is 23.0 Å². The highest BCUT2D eigenvalue weighted by Crippen LogP contribution is 2.30. The molecule has 5 N–H and O–H groups in total. The van der Waals surface area contributed by atoms with Gasteiger partial charge in [0.1, 0.15) is 10.7 Å². The summed E-state index contributed by atoms with van der Waals surface area (Å²) in [7, 11) is 0. The van der Waals surface area contributed by atoms with Crippen molar-refractivity contribution < 1.29 is 9.21 Å². The number of nitrogens with one attached hydrogen (secondary N) is 1. The molecule has 0 aliphatic carbocycles. The van der Waals surface area contributed by atoms with E-state index in [4.69, 9.17) is 15.9 Å². The molecule has 1 unspecified atom stereocenters. The number of nitrogens with two attached hydrogens (primary N) is 2. The molecular formula is C13H17N5O2S. The minimum Gasteiger partial charge on any atom is -0.472 e. The number of furan rings is 1. The molecule has 1 fully saturated rings. The van der Waals surface area contributed by atoms with Gasteiger partial charge in [0, 0.05) is 31.2 Å². The van der Waals surface area contributed by atoms with E-state index in [-0.39, 0.29) is 17.8 Å². The Bertz CT molecular complexity index is 625. The molecule has 1 aliphatic rings. The van der Waals surface area contributed by atoms with Crippen LogP contribution in [-0.4, -0.2) is 30.0 Å². The average molecular weight is 307 g/mol. The summed E-state index contributed by atoms with van der Waals surface area (Å²) < 4.78 is 4.95. The maximum absolute atomic E-state index is 12.2. The summed E-state index contributed by atoms with van der Waals surface area (Å²) in [6, 6.07) is 1.96. The van der Waals surface area contributed by atoms with Crippen LogP contribution in [0.4, 0.5) is 10.9 Å². The van der Waals surface area contributed by atoms with E-state index in [0.29, 0.717) is 11.4 Å². The fourth-order valence-electron chi connectivity index (χ4n) is 2.24. The van der Waals surface area contributed by atoms with E-state index < -0.39 is 0 Å². The van der Waals surface area contributed by atoms with Crippen LogP contribution in [0.5, 0.6) is 0 Å². The molecule has 2 aromatic rings. The number of hydrogen-bond acceptors (Lipinski definition) is 7. The van der Waals surface area contributed by atoms with Gasteiger partial charge in [0.15, 0.2) is 5.13 Å². The van der Waals surface area contributed by atoms with Crippen LogP contribution in [0.25, 0.3) is 0 Å². The van der Waals surface area contributed by atoms with Crippen molar-refractivity contribution in [2.24, 2.45) is 5.73 Å². The number of amides is 1. The number of rotatable bonds is 4. The smallest absolute Gasteiger partial charge is 0.265 e. The molecule has 0 saturated carbocycles. The van der Waals surface area contributed by atoms with Gasteiger partial charge >= 0.3 is 0 Å². The molecule has 3 heterocycles. The molecule has 1 saturated heterocycles. The molecule has 0 aromatic carbocycles. The third-order valence-electron chi connectivity index (χ3n) is 3.38. The van der Waals surface area contributed by atoms with Gasteiger partial charge in [-0.1, -0.05) is 11.3 Å². The molecule has 8 heteroatoms. The van der Waals surface area contributed by atoms with Crippen molar-refractivity contribution >= 4 is 28.2 Å². The number of carbonyl (C=O) groups is 1. The van der Waals surface area contributed by atoms with Gasteiger partial charge in [-0.2, -0.15) is 0 Å². The second-order valence-corrected chi connectivity index (χ2v) is 6.00. The van der Waals surface area contributed by atoms with Gasteiger partial charge < -0.3 is 26.1 Å². The fraction of sp³-hybridized carbons (Fsp3) is 0.385. The molecule has 2 aromatic heterocycles. The van der Waals surface area contributed by atoms with Crippen LogP contribution in [0.1, 0.15) is 21.7 Å². The Labute approximate surface area is 125 Å². The van der Waals surface area contributed by atoms with Crippen LogP contribution in [0, 0.1) is 0 Å². The number of hydrogen-bond donors (Lipinski definition) is 3. The maximum Gasteiger partial charge on any atom is 0.265 e. The molecule has 1 amide bonds. The summed E-state index contributed by atoms with van der Waals surface area (Å²) in [5, 5.41) is 3.56. The molecule has 0 spiro atoms. The number of nitrogen functional groups attached to an aromatic ring is 1. The van der Waals surface area contributed by atoms with Crippen molar-refractivity contribution in [1.82, 2.24) is 10.3 Å². The number of thiazole rings is 1. The number of carbonyl (C=O) groups excluding carboxylic acids is 1. The van der Waals surface area contributed by atoms with Crippen molar-refractivity contribution in [3.8, 4) is 0 Å². The quantitative estimate of drug-likeness (QED) is 0.770. The summed E-state index contributed by atoms with van der Waals surface area (Å²) in [4.78, 5) is 18.9. The maximum atomic E-state index is 12.2. The van der Waals surface area contributed by atoms with E-state index in [1.165, 1.54) is 11.3 Å². The van der Waals surface area contributed by atoms with Crippen molar-refractivity contribution in [3.05, 3.63) is 29.0 Å². The molecule has 7 nitrogen and oxygen atoms in total. The Morgan fingerprint density at radius 2 is 2.48 bits per heavy atom. The Kier molecular flexibility index (Phi) is 3.80. The molecule has 0 bridgehead atoms. The lowest BCUT2D eigenvalue weighted by Crippen LogP contribution is -2.26. The average Bonchev–Trinajstić information content (AvgIpc) is 3.16. The highest BCUT2D eigenvalue weighted by atomic mass is 32.1. The van der Waals surface area contributed by atoms with Crippen molar-refractivity contribution in [2.75, 3.05) is 23.7 Å². The molecule has 112 valence electrons. The van der Waals surface area contributed by atoms with Crippen LogP contribution in [0.2, 0.25) is 0 Å². The summed E-state index contributed by atoms with van der Waals surface area (Å²) in [5.41, 5.74) is 12.6. The van der Waals surface area contributed by atoms with E-state index in [9.17, 15) is 4.79 Å². The van der Waals surface area contributed by atoms with Gasteiger partial charge in [-0.3, -0.25) is 4.79 Å². The summed E-state index contributed by atoms with van der Waals surface area (Å²) in [5.74, 6) is 0.0427. The van der Waals surface area contributed by atoms with Crippen molar-refractivity contribution in [2.45, 2.75) is 19.0 Å². The van der Waals surface area contributed by atoms with Gasteiger partial charge in [0.05, 0.1) is 12.5 Å². The molecule has 1 atom stereocenters. The first-order valence-corrected chi connectivity index (χ1v) is 7.51. The second-order valence-electron chi connectivity index (χ2n) is 5.02. The van der Waals surface area contributed by atoms with Crippen molar-refractivity contribution in [1.29, 1.82) is 0 Å². The van der Waals surface area contributed by atoms with E-state index in [1.54, 1.807) is 18.6 Å². The van der Waals surface area contributed by atoms with E-state index >= 15 is 0 Å². The number of aromatic nitrogens is 1. The second kappa shape index (κ2) is 5.74. The third-order valence-corrected chi connectivity index (χ3v) is 4.51. The Morgan fingerprint density at radius 3 is 3.14 bits per heavy atom. The summed E-state index contributed by atoms with van der Waals surface area (Å²) in [6.07, 6.45) is 4.09. The molecule has 3 rings (SSSR count). The normalized spacial score (nSPS) is 18.1. The monoisotopic (exact) mass is 307 g/mol. The topological polar surface area (TPSA) is 110 Å². The highest BCUT2D eigenvalue weighted by molar-refractivity contribution is 7.18. The zero-order chi connectivity index (χ0) is 14.8. The molecule has 0 radical (unpaired) electrons. The largest absolute Gasteiger partial charge is 0.472 e. The number of anilines is 2. The van der Waals surface area contributed by atoms with Gasteiger partial charge in [-0.15, -0.1) is 0 Å². The third kappa shape index (κ3) is 3.01. The predicted molar refractivity (Wildman–Crippen MR) is 81.2 cm³/mol. The van der Waals surface area contributed by atoms with Gasteiger partial charge in [-0.05, 0) is 12.5 Å². The Hall–Kier alpha value is -2.06. The van der Waals surface area contributed by atoms with Gasteiger partial charge in [0.25, 0.3) is 5.91 Å². The standard InChI is InChI=1S/C13H17N5O2S/c14-9-1-3-18(6-9)13-17-11(15)10(21-13)12(19)16-5-8-2-4-20-7-8/h2,4,7,9H,1,3,5-6,14-15H2,(H,16,19). The van der Waals surface area contributed by atoms with Gasteiger partial charge in [-0.25, -0.2) is 4.98 Å². The minimum atomic E-state index is -0.221. The van der Waals surface area contributed by atoms with Crippen LogP contribution >= 0.6 is 11.3 Å². The van der Waals surface area contributed by atoms with E-state index in [0.717, 1.165) is 30.2 Å². The lowest BCUT2D eigenvalue weighted by Gasteiger charge is -2.12. The number of nitrogens with zero attached hydrogens (tertiary/aromatic N) is 2. The van der Waals surface area contributed by atoms with Crippen LogP contribution in [0.3, 0.4) is 0 Å². The summed E-state index contributed by atoms with van der Waals surface area (Å²) in [6.45, 7) is 2.00. The Balaban J connectivity index is 1.67.